The Morgan fingerprint density at radius 2 is 1.93 bits per heavy atom. The Hall–Kier alpha value is -1.51. The second kappa shape index (κ2) is 2.99. The Balaban J connectivity index is 2.85. The van der Waals surface area contributed by atoms with Crippen molar-refractivity contribution in [2.24, 2.45) is 0 Å². The molecule has 1 aromatic heterocycles. The van der Waals surface area contributed by atoms with Crippen molar-refractivity contribution in [3.05, 3.63) is 23.3 Å². The molecule has 3 nitrogen and oxygen atoms in total. The summed E-state index contributed by atoms with van der Waals surface area (Å²) >= 11 is 0. The highest BCUT2D eigenvalue weighted by Crippen LogP contribution is 2.34. The molecule has 0 atom stereocenters. The van der Waals surface area contributed by atoms with Gasteiger partial charge in [-0.15, -0.1) is 0 Å². The third kappa shape index (κ3) is 1.48. The first-order valence-electron chi connectivity index (χ1n) is 5.06. The van der Waals surface area contributed by atoms with Gasteiger partial charge in [0.05, 0.1) is 5.39 Å². The van der Waals surface area contributed by atoms with Crippen LogP contribution in [0.3, 0.4) is 0 Å². The summed E-state index contributed by atoms with van der Waals surface area (Å²) < 4.78 is 5.31. The van der Waals surface area contributed by atoms with Crippen LogP contribution in [-0.2, 0) is 5.41 Å². The molecular weight excluding hydrogens is 188 g/mol. The standard InChI is InChI=1S/C12H16N2O/c1-7-5-6-8(12(2,3)4)10-9(7)11(13)14-15-10/h5-6H,1-4H3,(H2,13,14). The van der Waals surface area contributed by atoms with Crippen LogP contribution in [0, 0.1) is 6.92 Å². The van der Waals surface area contributed by atoms with E-state index in [-0.39, 0.29) is 5.41 Å². The summed E-state index contributed by atoms with van der Waals surface area (Å²) in [5.41, 5.74) is 8.90. The first-order chi connectivity index (χ1) is 6.91. The molecule has 0 saturated heterocycles. The largest absolute Gasteiger partial charge is 0.380 e. The van der Waals surface area contributed by atoms with Gasteiger partial charge < -0.3 is 10.3 Å². The molecule has 1 aromatic carbocycles. The molecule has 2 rings (SSSR count). The van der Waals surface area contributed by atoms with Crippen LogP contribution >= 0.6 is 0 Å². The zero-order chi connectivity index (χ0) is 11.2. The summed E-state index contributed by atoms with van der Waals surface area (Å²) in [4.78, 5) is 0. The highest BCUT2D eigenvalue weighted by molar-refractivity contribution is 5.92. The van der Waals surface area contributed by atoms with Crippen LogP contribution in [0.4, 0.5) is 5.82 Å². The van der Waals surface area contributed by atoms with Crippen molar-refractivity contribution in [3.8, 4) is 0 Å². The molecule has 0 amide bonds. The quantitative estimate of drug-likeness (QED) is 0.717. The molecule has 0 spiro atoms. The lowest BCUT2D eigenvalue weighted by Gasteiger charge is -2.18. The van der Waals surface area contributed by atoms with E-state index >= 15 is 0 Å². The minimum Gasteiger partial charge on any atom is -0.380 e. The molecule has 0 fully saturated rings. The summed E-state index contributed by atoms with van der Waals surface area (Å²) in [6.07, 6.45) is 0. The highest BCUT2D eigenvalue weighted by Gasteiger charge is 2.21. The predicted molar refractivity (Wildman–Crippen MR) is 61.9 cm³/mol. The van der Waals surface area contributed by atoms with Gasteiger partial charge in [-0.05, 0) is 17.9 Å². The maximum atomic E-state index is 5.78. The Kier molecular flexibility index (Phi) is 2.00. The average molecular weight is 204 g/mol. The maximum absolute atomic E-state index is 5.78. The van der Waals surface area contributed by atoms with Crippen LogP contribution < -0.4 is 5.73 Å². The molecule has 0 bridgehead atoms. The first-order valence-corrected chi connectivity index (χ1v) is 5.06. The zero-order valence-electron chi connectivity index (χ0n) is 9.59. The minimum atomic E-state index is 0.0396. The van der Waals surface area contributed by atoms with Crippen molar-refractivity contribution in [1.29, 1.82) is 0 Å². The number of hydrogen-bond acceptors (Lipinski definition) is 3. The smallest absolute Gasteiger partial charge is 0.175 e. The van der Waals surface area contributed by atoms with Gasteiger partial charge >= 0.3 is 0 Å². The van der Waals surface area contributed by atoms with Crippen molar-refractivity contribution >= 4 is 16.8 Å². The Morgan fingerprint density at radius 1 is 1.27 bits per heavy atom. The third-order valence-corrected chi connectivity index (χ3v) is 2.67. The van der Waals surface area contributed by atoms with Gasteiger partial charge in [-0.3, -0.25) is 0 Å². The number of rotatable bonds is 0. The van der Waals surface area contributed by atoms with Crippen LogP contribution in [0.25, 0.3) is 11.0 Å². The Morgan fingerprint density at radius 3 is 2.53 bits per heavy atom. The van der Waals surface area contributed by atoms with Gasteiger partial charge in [0.15, 0.2) is 11.4 Å². The normalized spacial score (nSPS) is 12.3. The number of aryl methyl sites for hydroxylation is 1. The lowest BCUT2D eigenvalue weighted by molar-refractivity contribution is 0.450. The van der Waals surface area contributed by atoms with Gasteiger partial charge in [-0.1, -0.05) is 38.1 Å². The van der Waals surface area contributed by atoms with E-state index in [9.17, 15) is 0 Å². The number of benzene rings is 1. The average Bonchev–Trinajstić information content (AvgIpc) is 2.47. The van der Waals surface area contributed by atoms with Crippen molar-refractivity contribution in [2.45, 2.75) is 33.1 Å². The lowest BCUT2D eigenvalue weighted by atomic mass is 9.85. The number of hydrogen-bond donors (Lipinski definition) is 1. The molecule has 3 heteroatoms. The number of aromatic nitrogens is 1. The summed E-state index contributed by atoms with van der Waals surface area (Å²) in [6.45, 7) is 8.46. The van der Waals surface area contributed by atoms with Crippen LogP contribution in [0.5, 0.6) is 0 Å². The van der Waals surface area contributed by atoms with E-state index in [2.05, 4.69) is 38.1 Å². The van der Waals surface area contributed by atoms with E-state index in [0.717, 1.165) is 22.1 Å². The molecule has 0 aliphatic heterocycles. The van der Waals surface area contributed by atoms with Gasteiger partial charge in [0.1, 0.15) is 0 Å². The molecular formula is C12H16N2O. The van der Waals surface area contributed by atoms with Gasteiger partial charge in [-0.2, -0.15) is 0 Å². The fourth-order valence-electron chi connectivity index (χ4n) is 1.83. The Labute approximate surface area is 89.2 Å². The molecule has 2 N–H and O–H groups in total. The van der Waals surface area contributed by atoms with Crippen molar-refractivity contribution < 1.29 is 4.52 Å². The summed E-state index contributed by atoms with van der Waals surface area (Å²) in [6, 6.07) is 4.15. The van der Waals surface area contributed by atoms with Crippen molar-refractivity contribution in [3.63, 3.8) is 0 Å². The van der Waals surface area contributed by atoms with Gasteiger partial charge in [-0.25, -0.2) is 0 Å². The van der Waals surface area contributed by atoms with E-state index in [4.69, 9.17) is 10.3 Å². The third-order valence-electron chi connectivity index (χ3n) is 2.67. The number of nitrogens with two attached hydrogens (primary N) is 1. The number of nitrogens with zero attached hydrogens (tertiary/aromatic N) is 1. The van der Waals surface area contributed by atoms with Crippen LogP contribution in [0.2, 0.25) is 0 Å². The predicted octanol–water partition coefficient (Wildman–Crippen LogP) is 3.02. The van der Waals surface area contributed by atoms with Gasteiger partial charge in [0.2, 0.25) is 0 Å². The monoisotopic (exact) mass is 204 g/mol. The maximum Gasteiger partial charge on any atom is 0.175 e. The fourth-order valence-corrected chi connectivity index (χ4v) is 1.83. The topological polar surface area (TPSA) is 52.0 Å². The van der Waals surface area contributed by atoms with E-state index in [1.807, 2.05) is 6.92 Å². The number of anilines is 1. The summed E-state index contributed by atoms with van der Waals surface area (Å²) in [5.74, 6) is 0.480. The second-order valence-electron chi connectivity index (χ2n) is 4.95. The lowest BCUT2D eigenvalue weighted by Crippen LogP contribution is -2.11. The zero-order valence-corrected chi connectivity index (χ0v) is 9.59. The second-order valence-corrected chi connectivity index (χ2v) is 4.95. The Bertz CT molecular complexity index is 506. The molecule has 0 radical (unpaired) electrons. The minimum absolute atomic E-state index is 0.0396. The fraction of sp³-hybridized carbons (Fsp3) is 0.417. The SMILES string of the molecule is Cc1ccc(C(C)(C)C)c2onc(N)c12. The highest BCUT2D eigenvalue weighted by atomic mass is 16.5. The number of nitrogen functional groups attached to an aromatic ring is 1. The molecule has 0 aliphatic carbocycles. The van der Waals surface area contributed by atoms with Gasteiger partial charge in [0.25, 0.3) is 0 Å². The van der Waals surface area contributed by atoms with E-state index in [1.54, 1.807) is 0 Å². The molecule has 0 unspecified atom stereocenters. The molecule has 0 aliphatic rings. The van der Waals surface area contributed by atoms with Crippen LogP contribution in [0.15, 0.2) is 16.7 Å². The number of fused-ring (bicyclic) bond motifs is 1. The van der Waals surface area contributed by atoms with E-state index < -0.39 is 0 Å². The molecule has 80 valence electrons. The molecule has 0 saturated carbocycles. The van der Waals surface area contributed by atoms with Crippen molar-refractivity contribution in [2.75, 3.05) is 5.73 Å². The van der Waals surface area contributed by atoms with E-state index in [1.165, 1.54) is 0 Å². The van der Waals surface area contributed by atoms with E-state index in [0.29, 0.717) is 5.82 Å². The van der Waals surface area contributed by atoms with Crippen LogP contribution in [0.1, 0.15) is 31.9 Å². The molecule has 15 heavy (non-hydrogen) atoms. The van der Waals surface area contributed by atoms with Crippen LogP contribution in [-0.4, -0.2) is 5.16 Å². The van der Waals surface area contributed by atoms with Crippen molar-refractivity contribution in [1.82, 2.24) is 5.16 Å². The molecule has 1 heterocycles. The summed E-state index contributed by atoms with van der Waals surface area (Å²) in [5, 5.41) is 4.78. The summed E-state index contributed by atoms with van der Waals surface area (Å²) in [7, 11) is 0. The molecule has 2 aromatic rings. The van der Waals surface area contributed by atoms with Gasteiger partial charge in [0, 0.05) is 5.56 Å². The first kappa shape index (κ1) is 10.0.